The summed E-state index contributed by atoms with van der Waals surface area (Å²) in [5.41, 5.74) is 0.914. The summed E-state index contributed by atoms with van der Waals surface area (Å²) in [6.07, 6.45) is 0.0642. The molecule has 1 aromatic carbocycles. The zero-order valence-corrected chi connectivity index (χ0v) is 8.14. The normalized spacial score (nSPS) is 12.1. The standard InChI is InChI=1S/C11H14O3/c1-2-6-10(14-11(12)13)9-7-4-3-5-8-9/h3-5,7-8,10H,2,6H2,1H3,(H,12,13). The zero-order chi connectivity index (χ0) is 10.4. The minimum absolute atomic E-state index is 0.335. The maximum Gasteiger partial charge on any atom is 0.506 e. The molecule has 1 atom stereocenters. The second-order valence-electron chi connectivity index (χ2n) is 3.07. The lowest BCUT2D eigenvalue weighted by molar-refractivity contribution is 0.0472. The number of rotatable bonds is 4. The van der Waals surface area contributed by atoms with Crippen LogP contribution in [0.1, 0.15) is 31.4 Å². The number of benzene rings is 1. The van der Waals surface area contributed by atoms with Crippen LogP contribution in [0, 0.1) is 0 Å². The van der Waals surface area contributed by atoms with Gasteiger partial charge in [-0.3, -0.25) is 0 Å². The van der Waals surface area contributed by atoms with Crippen molar-refractivity contribution in [1.82, 2.24) is 0 Å². The summed E-state index contributed by atoms with van der Waals surface area (Å²) in [6, 6.07) is 9.41. The first-order chi connectivity index (χ1) is 6.74. The molecule has 0 saturated heterocycles. The summed E-state index contributed by atoms with van der Waals surface area (Å²) < 4.78 is 4.79. The van der Waals surface area contributed by atoms with Crippen molar-refractivity contribution in [2.75, 3.05) is 0 Å². The van der Waals surface area contributed by atoms with E-state index in [4.69, 9.17) is 9.84 Å². The summed E-state index contributed by atoms with van der Waals surface area (Å²) in [5, 5.41) is 8.55. The molecule has 0 aliphatic carbocycles. The highest BCUT2D eigenvalue weighted by atomic mass is 16.7. The number of carbonyl (C=O) groups is 1. The molecule has 0 spiro atoms. The van der Waals surface area contributed by atoms with Crippen molar-refractivity contribution in [2.45, 2.75) is 25.9 Å². The molecular formula is C11H14O3. The molecule has 1 N–H and O–H groups in total. The molecule has 0 fully saturated rings. The molecule has 0 saturated carbocycles. The van der Waals surface area contributed by atoms with Crippen molar-refractivity contribution in [3.63, 3.8) is 0 Å². The van der Waals surface area contributed by atoms with E-state index in [0.717, 1.165) is 18.4 Å². The van der Waals surface area contributed by atoms with Crippen LogP contribution in [0.25, 0.3) is 0 Å². The molecule has 0 heterocycles. The average Bonchev–Trinajstić information content (AvgIpc) is 2.18. The van der Waals surface area contributed by atoms with Gasteiger partial charge in [0, 0.05) is 0 Å². The van der Waals surface area contributed by atoms with Gasteiger partial charge >= 0.3 is 6.16 Å². The lowest BCUT2D eigenvalue weighted by atomic mass is 10.1. The molecule has 1 unspecified atom stereocenters. The van der Waals surface area contributed by atoms with Crippen LogP contribution in [0.2, 0.25) is 0 Å². The summed E-state index contributed by atoms with van der Waals surface area (Å²) in [7, 11) is 0. The van der Waals surface area contributed by atoms with Gasteiger partial charge in [0.2, 0.25) is 0 Å². The van der Waals surface area contributed by atoms with Gasteiger partial charge in [-0.05, 0) is 12.0 Å². The van der Waals surface area contributed by atoms with E-state index in [-0.39, 0.29) is 6.10 Å². The molecule has 0 bridgehead atoms. The van der Waals surface area contributed by atoms with E-state index < -0.39 is 6.16 Å². The lowest BCUT2D eigenvalue weighted by Gasteiger charge is -2.14. The van der Waals surface area contributed by atoms with Crippen molar-refractivity contribution in [3.8, 4) is 0 Å². The van der Waals surface area contributed by atoms with E-state index >= 15 is 0 Å². The van der Waals surface area contributed by atoms with E-state index in [1.54, 1.807) is 0 Å². The van der Waals surface area contributed by atoms with E-state index in [0.29, 0.717) is 0 Å². The number of hydrogen-bond acceptors (Lipinski definition) is 2. The van der Waals surface area contributed by atoms with Gasteiger partial charge in [-0.1, -0.05) is 43.7 Å². The Balaban J connectivity index is 2.72. The largest absolute Gasteiger partial charge is 0.506 e. The smallest absolute Gasteiger partial charge is 0.450 e. The third kappa shape index (κ3) is 3.09. The van der Waals surface area contributed by atoms with Gasteiger partial charge in [0.15, 0.2) is 0 Å². The Hall–Kier alpha value is -1.51. The lowest BCUT2D eigenvalue weighted by Crippen LogP contribution is -2.08. The Kier molecular flexibility index (Phi) is 3.98. The van der Waals surface area contributed by atoms with E-state index in [2.05, 4.69) is 0 Å². The molecular weight excluding hydrogens is 180 g/mol. The van der Waals surface area contributed by atoms with Crippen molar-refractivity contribution in [2.24, 2.45) is 0 Å². The first-order valence-corrected chi connectivity index (χ1v) is 4.68. The van der Waals surface area contributed by atoms with Gasteiger partial charge in [0.25, 0.3) is 0 Å². The number of carboxylic acid groups (broad SMARTS) is 1. The first kappa shape index (κ1) is 10.6. The average molecular weight is 194 g/mol. The molecule has 0 aromatic heterocycles. The predicted octanol–water partition coefficient (Wildman–Crippen LogP) is 3.22. The van der Waals surface area contributed by atoms with Crippen LogP contribution in [0.3, 0.4) is 0 Å². The Morgan fingerprint density at radius 2 is 2.07 bits per heavy atom. The molecule has 14 heavy (non-hydrogen) atoms. The molecule has 76 valence electrons. The highest BCUT2D eigenvalue weighted by molar-refractivity contribution is 5.57. The molecule has 0 aliphatic rings. The maximum absolute atomic E-state index is 10.4. The quantitative estimate of drug-likeness (QED) is 0.748. The Morgan fingerprint density at radius 3 is 2.57 bits per heavy atom. The molecule has 0 aliphatic heterocycles. The van der Waals surface area contributed by atoms with Crippen LogP contribution in [-0.2, 0) is 4.74 Å². The molecule has 0 amide bonds. The minimum atomic E-state index is -1.22. The third-order valence-electron chi connectivity index (χ3n) is 1.97. The monoisotopic (exact) mass is 194 g/mol. The van der Waals surface area contributed by atoms with Gasteiger partial charge in [-0.25, -0.2) is 4.79 Å². The van der Waals surface area contributed by atoms with Gasteiger partial charge in [0.1, 0.15) is 6.10 Å². The number of ether oxygens (including phenoxy) is 1. The molecule has 3 nitrogen and oxygen atoms in total. The van der Waals surface area contributed by atoms with Crippen LogP contribution in [-0.4, -0.2) is 11.3 Å². The van der Waals surface area contributed by atoms with E-state index in [1.807, 2.05) is 37.3 Å². The van der Waals surface area contributed by atoms with Crippen LogP contribution in [0.15, 0.2) is 30.3 Å². The Morgan fingerprint density at radius 1 is 1.43 bits per heavy atom. The second-order valence-corrected chi connectivity index (χ2v) is 3.07. The van der Waals surface area contributed by atoms with Crippen LogP contribution in [0.4, 0.5) is 4.79 Å². The molecule has 1 rings (SSSR count). The SMILES string of the molecule is CCCC(OC(=O)O)c1ccccc1. The van der Waals surface area contributed by atoms with E-state index in [9.17, 15) is 4.79 Å². The topological polar surface area (TPSA) is 46.5 Å². The van der Waals surface area contributed by atoms with Crippen LogP contribution >= 0.6 is 0 Å². The van der Waals surface area contributed by atoms with Gasteiger partial charge in [-0.15, -0.1) is 0 Å². The summed E-state index contributed by atoms with van der Waals surface area (Å²) >= 11 is 0. The van der Waals surface area contributed by atoms with Crippen molar-refractivity contribution in [3.05, 3.63) is 35.9 Å². The second kappa shape index (κ2) is 5.27. The fraction of sp³-hybridized carbons (Fsp3) is 0.364. The zero-order valence-electron chi connectivity index (χ0n) is 8.14. The van der Waals surface area contributed by atoms with Gasteiger partial charge in [0.05, 0.1) is 0 Å². The third-order valence-corrected chi connectivity index (χ3v) is 1.97. The highest BCUT2D eigenvalue weighted by Gasteiger charge is 2.14. The van der Waals surface area contributed by atoms with Crippen molar-refractivity contribution >= 4 is 6.16 Å². The maximum atomic E-state index is 10.4. The van der Waals surface area contributed by atoms with Crippen molar-refractivity contribution in [1.29, 1.82) is 0 Å². The summed E-state index contributed by atoms with van der Waals surface area (Å²) in [5.74, 6) is 0. The van der Waals surface area contributed by atoms with Crippen LogP contribution < -0.4 is 0 Å². The van der Waals surface area contributed by atoms with Gasteiger partial charge in [-0.2, -0.15) is 0 Å². The number of hydrogen-bond donors (Lipinski definition) is 1. The summed E-state index contributed by atoms with van der Waals surface area (Å²) in [4.78, 5) is 10.4. The first-order valence-electron chi connectivity index (χ1n) is 4.68. The fourth-order valence-corrected chi connectivity index (χ4v) is 1.35. The van der Waals surface area contributed by atoms with E-state index in [1.165, 1.54) is 0 Å². The van der Waals surface area contributed by atoms with Crippen LogP contribution in [0.5, 0.6) is 0 Å². The summed E-state index contributed by atoms with van der Waals surface area (Å²) in [6.45, 7) is 2.00. The predicted molar refractivity (Wildman–Crippen MR) is 53.2 cm³/mol. The fourth-order valence-electron chi connectivity index (χ4n) is 1.35. The Labute approximate surface area is 83.3 Å². The molecule has 1 aromatic rings. The Bertz CT molecular complexity index is 282. The molecule has 0 radical (unpaired) electrons. The highest BCUT2D eigenvalue weighted by Crippen LogP contribution is 2.22. The van der Waals surface area contributed by atoms with Gasteiger partial charge < -0.3 is 9.84 Å². The molecule has 3 heteroatoms. The minimum Gasteiger partial charge on any atom is -0.450 e. The van der Waals surface area contributed by atoms with Crippen molar-refractivity contribution < 1.29 is 14.6 Å².